The highest BCUT2D eigenvalue weighted by atomic mass is 16.6. The second kappa shape index (κ2) is 30.8. The summed E-state index contributed by atoms with van der Waals surface area (Å²) in [5.41, 5.74) is 2.96. The third-order valence-corrected chi connectivity index (χ3v) is 9.73. The number of hydrogen-bond acceptors (Lipinski definition) is 10. The number of cyclic esters (lactones) is 1. The predicted octanol–water partition coefficient (Wildman–Crippen LogP) is 7.79. The zero-order chi connectivity index (χ0) is 44.0. The molecule has 0 bridgehead atoms. The summed E-state index contributed by atoms with van der Waals surface area (Å²) in [6, 6.07) is -0.968. The van der Waals surface area contributed by atoms with E-state index in [-0.39, 0.29) is 49.0 Å². The monoisotopic (exact) mass is 832 g/mol. The lowest BCUT2D eigenvalue weighted by atomic mass is 9.94. The maximum absolute atomic E-state index is 12.8. The van der Waals surface area contributed by atoms with Crippen molar-refractivity contribution in [1.29, 1.82) is 0 Å². The van der Waals surface area contributed by atoms with Gasteiger partial charge in [0.1, 0.15) is 35.8 Å². The van der Waals surface area contributed by atoms with Crippen molar-refractivity contribution >= 4 is 23.8 Å². The number of rotatable bonds is 30. The fraction of sp³-hybridized carbons (Fsp3) is 0.500. The van der Waals surface area contributed by atoms with Crippen molar-refractivity contribution < 1.29 is 48.7 Å². The van der Waals surface area contributed by atoms with Gasteiger partial charge < -0.3 is 40.2 Å². The summed E-state index contributed by atoms with van der Waals surface area (Å²) in [6.45, 7) is 5.21. The van der Waals surface area contributed by atoms with Crippen LogP contribution in [0.15, 0.2) is 84.6 Å². The number of hydrogen-bond donors (Lipinski definition) is 5. The highest BCUT2D eigenvalue weighted by Crippen LogP contribution is 2.42. The number of nitrogens with one attached hydrogen (secondary N) is 2. The molecule has 2 rings (SSSR count). The number of aromatic hydroxyl groups is 1. The zero-order valence-electron chi connectivity index (χ0n) is 36.1. The Kier molecular flexibility index (Phi) is 26.1. The van der Waals surface area contributed by atoms with Gasteiger partial charge in [0.2, 0.25) is 11.8 Å². The van der Waals surface area contributed by atoms with E-state index in [4.69, 9.17) is 14.2 Å². The first-order chi connectivity index (χ1) is 29.1. The number of esters is 2. The minimum absolute atomic E-state index is 0.0971. The van der Waals surface area contributed by atoms with Gasteiger partial charge in [-0.1, -0.05) is 91.5 Å². The standard InChI is InChI=1S/C48H68N2O10/c1-5-6-7-8-9-10-11-12-13-14-15-16-17-18-19-20-21-22-23-27-43(54)50-41(47(56)60-38(33-51)34-52)26-24-25-32-49-42(53)31-29-36(2)28-30-39-45(55)44-40(35-59-48(44)57)37(3)46(39)58-4/h6-7,9-10,12-13,15-16,18-19,21-22,28,38,41,51-52,55H,5,8,11,14,17,20,23-27,29-35H2,1-4H3,(H,49,53)(H,50,54)/b7-6-,10-9-,13-12-,16-15-,19-18-,22-21?,36-28-. The number of allylic oxidation sites excluding steroid dienone is 14. The smallest absolute Gasteiger partial charge is 0.342 e. The molecular formula is C48H68N2O10. The molecule has 330 valence electrons. The maximum atomic E-state index is 12.8. The Morgan fingerprint density at radius 3 is 1.97 bits per heavy atom. The molecule has 1 aliphatic heterocycles. The van der Waals surface area contributed by atoms with E-state index in [1.165, 1.54) is 7.11 Å². The van der Waals surface area contributed by atoms with Crippen molar-refractivity contribution in [2.24, 2.45) is 0 Å². The number of carbonyl (C=O) groups is 4. The van der Waals surface area contributed by atoms with Crippen LogP contribution in [0.5, 0.6) is 11.5 Å². The van der Waals surface area contributed by atoms with Crippen molar-refractivity contribution in [1.82, 2.24) is 10.6 Å². The first kappa shape index (κ1) is 50.9. The molecule has 0 aromatic heterocycles. The van der Waals surface area contributed by atoms with Gasteiger partial charge in [-0.2, -0.15) is 0 Å². The van der Waals surface area contributed by atoms with E-state index in [0.29, 0.717) is 55.5 Å². The van der Waals surface area contributed by atoms with E-state index in [1.54, 1.807) is 0 Å². The molecule has 1 unspecified atom stereocenters. The van der Waals surface area contributed by atoms with Gasteiger partial charge in [-0.3, -0.25) is 9.59 Å². The van der Waals surface area contributed by atoms with Crippen LogP contribution >= 0.6 is 0 Å². The number of phenols is 1. The van der Waals surface area contributed by atoms with Crippen LogP contribution in [0.2, 0.25) is 0 Å². The third kappa shape index (κ3) is 19.7. The van der Waals surface area contributed by atoms with Crippen LogP contribution in [0, 0.1) is 6.92 Å². The Labute approximate surface area is 356 Å². The summed E-state index contributed by atoms with van der Waals surface area (Å²) in [4.78, 5) is 50.4. The van der Waals surface area contributed by atoms with Crippen LogP contribution in [0.4, 0.5) is 0 Å². The summed E-state index contributed by atoms with van der Waals surface area (Å²) in [6.07, 6.45) is 34.7. The topological polar surface area (TPSA) is 181 Å². The highest BCUT2D eigenvalue weighted by Gasteiger charge is 2.32. The van der Waals surface area contributed by atoms with Gasteiger partial charge in [0.25, 0.3) is 0 Å². The zero-order valence-corrected chi connectivity index (χ0v) is 36.1. The van der Waals surface area contributed by atoms with Crippen molar-refractivity contribution in [2.45, 2.75) is 129 Å². The first-order valence-corrected chi connectivity index (χ1v) is 21.2. The normalized spacial score (nSPS) is 13.8. The molecule has 0 fully saturated rings. The van der Waals surface area contributed by atoms with Crippen LogP contribution < -0.4 is 15.4 Å². The number of phenolic OH excluding ortho intramolecular Hbond substituents is 1. The Bertz CT molecular complexity index is 1720. The molecule has 0 aliphatic carbocycles. The number of benzene rings is 1. The highest BCUT2D eigenvalue weighted by molar-refractivity contribution is 5.98. The van der Waals surface area contributed by atoms with Gasteiger partial charge in [-0.25, -0.2) is 9.59 Å². The minimum atomic E-state index is -1.09. The molecule has 12 heteroatoms. The van der Waals surface area contributed by atoms with Crippen molar-refractivity contribution in [3.05, 3.63) is 107 Å². The van der Waals surface area contributed by atoms with Crippen LogP contribution in [-0.4, -0.2) is 78.1 Å². The lowest BCUT2D eigenvalue weighted by Gasteiger charge is -2.20. The second-order valence-electron chi connectivity index (χ2n) is 14.5. The molecule has 1 aromatic rings. The van der Waals surface area contributed by atoms with Gasteiger partial charge in [0.05, 0.1) is 20.3 Å². The molecule has 0 saturated carbocycles. The van der Waals surface area contributed by atoms with Crippen LogP contribution in [0.25, 0.3) is 0 Å². The molecular weight excluding hydrogens is 765 g/mol. The number of fused-ring (bicyclic) bond motifs is 1. The molecule has 0 spiro atoms. The Morgan fingerprint density at radius 1 is 0.817 bits per heavy atom. The molecule has 1 atom stereocenters. The van der Waals surface area contributed by atoms with Crippen LogP contribution in [-0.2, 0) is 36.9 Å². The summed E-state index contributed by atoms with van der Waals surface area (Å²) < 4.78 is 15.9. The number of amides is 2. The first-order valence-electron chi connectivity index (χ1n) is 21.2. The lowest BCUT2D eigenvalue weighted by Crippen LogP contribution is -2.44. The van der Waals surface area contributed by atoms with E-state index >= 15 is 0 Å². The Hall–Kier alpha value is -5.20. The number of aliphatic hydroxyl groups is 2. The molecule has 12 nitrogen and oxygen atoms in total. The van der Waals surface area contributed by atoms with E-state index in [2.05, 4.69) is 78.3 Å². The number of unbranched alkanes of at least 4 members (excludes halogenated alkanes) is 1. The van der Waals surface area contributed by atoms with Crippen molar-refractivity contribution in [3.63, 3.8) is 0 Å². The molecule has 5 N–H and O–H groups in total. The molecule has 2 amide bonds. The van der Waals surface area contributed by atoms with Crippen LogP contribution in [0.1, 0.15) is 124 Å². The van der Waals surface area contributed by atoms with E-state index in [1.807, 2.05) is 32.1 Å². The van der Waals surface area contributed by atoms with Gasteiger partial charge >= 0.3 is 11.9 Å². The van der Waals surface area contributed by atoms with Crippen LogP contribution in [0.3, 0.4) is 0 Å². The van der Waals surface area contributed by atoms with Crippen molar-refractivity contribution in [2.75, 3.05) is 26.9 Å². The Morgan fingerprint density at radius 2 is 1.40 bits per heavy atom. The van der Waals surface area contributed by atoms with Gasteiger partial charge in [-0.15, -0.1) is 0 Å². The Balaban J connectivity index is 1.71. The molecule has 1 aliphatic rings. The van der Waals surface area contributed by atoms with E-state index in [9.17, 15) is 34.5 Å². The molecule has 1 heterocycles. The summed E-state index contributed by atoms with van der Waals surface area (Å²) in [5, 5.41) is 35.2. The molecule has 60 heavy (non-hydrogen) atoms. The van der Waals surface area contributed by atoms with Gasteiger partial charge in [0.15, 0.2) is 0 Å². The SMILES string of the molecule is CC/C=C\C/C=C\C/C=C\C/C=C\C/C=C\CC=CCCC(=O)NC(CCCCNC(=O)CC/C(C)=C\Cc1c(O)c2c(c(C)c1OC)COC2=O)C(=O)OC(CO)CO. The van der Waals surface area contributed by atoms with Gasteiger partial charge in [0, 0.05) is 30.5 Å². The average Bonchev–Trinajstić information content (AvgIpc) is 3.64. The molecule has 0 saturated heterocycles. The summed E-state index contributed by atoms with van der Waals surface area (Å²) >= 11 is 0. The quantitative estimate of drug-likeness (QED) is 0.0292. The lowest BCUT2D eigenvalue weighted by molar-refractivity contribution is -0.157. The maximum Gasteiger partial charge on any atom is 0.342 e. The third-order valence-electron chi connectivity index (χ3n) is 9.73. The summed E-state index contributed by atoms with van der Waals surface area (Å²) in [7, 11) is 1.51. The van der Waals surface area contributed by atoms with E-state index in [0.717, 1.165) is 49.7 Å². The van der Waals surface area contributed by atoms with Crippen molar-refractivity contribution in [3.8, 4) is 11.5 Å². The predicted molar refractivity (Wildman–Crippen MR) is 236 cm³/mol. The number of ether oxygens (including phenoxy) is 3. The number of carbonyl (C=O) groups excluding carboxylic acids is 4. The number of methoxy groups -OCH3 is 1. The summed E-state index contributed by atoms with van der Waals surface area (Å²) in [5.74, 6) is -1.40. The minimum Gasteiger partial charge on any atom is -0.507 e. The molecule has 0 radical (unpaired) electrons. The largest absolute Gasteiger partial charge is 0.507 e. The molecule has 1 aromatic carbocycles. The fourth-order valence-electron chi connectivity index (χ4n) is 6.25. The average molecular weight is 833 g/mol. The van der Waals surface area contributed by atoms with E-state index < -0.39 is 37.3 Å². The van der Waals surface area contributed by atoms with Gasteiger partial charge in [-0.05, 0) is 96.5 Å². The second-order valence-corrected chi connectivity index (χ2v) is 14.5. The fourth-order valence-corrected chi connectivity index (χ4v) is 6.25. The number of aliphatic hydroxyl groups excluding tert-OH is 2.